The van der Waals surface area contributed by atoms with Gasteiger partial charge in [-0.1, -0.05) is 13.0 Å². The number of aromatic nitrogens is 6. The number of rotatable bonds is 6. The Balaban J connectivity index is 1.71. The number of amides is 1. The van der Waals surface area contributed by atoms with Gasteiger partial charge in [0.2, 0.25) is 0 Å². The van der Waals surface area contributed by atoms with Gasteiger partial charge in [0.25, 0.3) is 5.91 Å². The van der Waals surface area contributed by atoms with E-state index in [4.69, 9.17) is 12.2 Å². The maximum atomic E-state index is 12.5. The zero-order chi connectivity index (χ0) is 17.8. The second-order valence-corrected chi connectivity index (χ2v) is 5.85. The summed E-state index contributed by atoms with van der Waals surface area (Å²) in [6, 6.07) is 5.59. The molecule has 3 aromatic heterocycles. The molecule has 130 valence electrons. The molecule has 25 heavy (non-hydrogen) atoms. The van der Waals surface area contributed by atoms with Crippen LogP contribution in [-0.2, 0) is 19.9 Å². The Morgan fingerprint density at radius 3 is 2.88 bits per heavy atom. The molecule has 0 bridgehead atoms. The van der Waals surface area contributed by atoms with Crippen molar-refractivity contribution in [1.29, 1.82) is 0 Å². The smallest absolute Gasteiger partial charge is 0.254 e. The van der Waals surface area contributed by atoms with Crippen molar-refractivity contribution in [2.45, 2.75) is 19.8 Å². The van der Waals surface area contributed by atoms with Crippen LogP contribution in [0.3, 0.4) is 0 Å². The van der Waals surface area contributed by atoms with E-state index in [0.717, 1.165) is 11.5 Å². The van der Waals surface area contributed by atoms with Crippen LogP contribution in [0.2, 0.25) is 0 Å². The van der Waals surface area contributed by atoms with Gasteiger partial charge < -0.3 is 9.88 Å². The molecular weight excluding hydrogens is 338 g/mol. The van der Waals surface area contributed by atoms with E-state index >= 15 is 0 Å². The van der Waals surface area contributed by atoms with Gasteiger partial charge in [-0.05, 0) is 30.8 Å². The normalized spacial score (nSPS) is 10.8. The number of H-pyrrole nitrogens is 1. The van der Waals surface area contributed by atoms with E-state index in [1.54, 1.807) is 21.6 Å². The molecule has 0 radical (unpaired) electrons. The third-order valence-corrected chi connectivity index (χ3v) is 4.29. The minimum atomic E-state index is -0.157. The van der Waals surface area contributed by atoms with Crippen molar-refractivity contribution < 1.29 is 4.79 Å². The van der Waals surface area contributed by atoms with Crippen molar-refractivity contribution in [2.24, 2.45) is 7.05 Å². The lowest BCUT2D eigenvalue weighted by molar-refractivity contribution is 0.0953. The fraction of sp³-hybridized carbons (Fsp3) is 0.312. The van der Waals surface area contributed by atoms with Crippen LogP contribution < -0.4 is 5.32 Å². The van der Waals surface area contributed by atoms with Gasteiger partial charge in [0, 0.05) is 26.2 Å². The summed E-state index contributed by atoms with van der Waals surface area (Å²) in [4.78, 5) is 16.8. The third kappa shape index (κ3) is 3.50. The predicted octanol–water partition coefficient (Wildman–Crippen LogP) is 1.59. The Hall–Kier alpha value is -2.81. The summed E-state index contributed by atoms with van der Waals surface area (Å²) in [7, 11) is 1.84. The van der Waals surface area contributed by atoms with Crippen LogP contribution in [0.15, 0.2) is 30.6 Å². The maximum absolute atomic E-state index is 12.5. The van der Waals surface area contributed by atoms with Crippen molar-refractivity contribution in [3.05, 3.63) is 52.4 Å². The predicted molar refractivity (Wildman–Crippen MR) is 95.2 cm³/mol. The van der Waals surface area contributed by atoms with E-state index in [1.165, 1.54) is 0 Å². The highest BCUT2D eigenvalue weighted by Gasteiger charge is 2.17. The van der Waals surface area contributed by atoms with Gasteiger partial charge in [0.15, 0.2) is 10.6 Å². The van der Waals surface area contributed by atoms with Crippen LogP contribution in [0.5, 0.6) is 0 Å². The molecule has 0 saturated heterocycles. The number of carbonyl (C=O) groups excluding carboxylic acids is 1. The minimum Gasteiger partial charge on any atom is -0.351 e. The van der Waals surface area contributed by atoms with E-state index in [1.807, 2.05) is 32.2 Å². The number of aromatic amines is 1. The van der Waals surface area contributed by atoms with E-state index < -0.39 is 0 Å². The molecule has 3 aromatic rings. The first-order valence-electron chi connectivity index (χ1n) is 7.98. The number of pyridine rings is 1. The fourth-order valence-electron chi connectivity index (χ4n) is 2.57. The lowest BCUT2D eigenvalue weighted by Gasteiger charge is -2.08. The molecule has 8 nitrogen and oxygen atoms in total. The van der Waals surface area contributed by atoms with E-state index in [9.17, 15) is 4.79 Å². The first kappa shape index (κ1) is 17.0. The highest BCUT2D eigenvalue weighted by Crippen LogP contribution is 2.14. The summed E-state index contributed by atoms with van der Waals surface area (Å²) >= 11 is 5.08. The summed E-state index contributed by atoms with van der Waals surface area (Å²) < 4.78 is 4.05. The van der Waals surface area contributed by atoms with Crippen molar-refractivity contribution in [2.75, 3.05) is 6.54 Å². The molecule has 3 rings (SSSR count). The van der Waals surface area contributed by atoms with Gasteiger partial charge in [-0.15, -0.1) is 0 Å². The summed E-state index contributed by atoms with van der Waals surface area (Å²) in [5.41, 5.74) is 1.39. The first-order chi connectivity index (χ1) is 12.1. The number of nitrogens with zero attached hydrogens (tertiary/aromatic N) is 5. The number of hydrogen-bond acceptors (Lipinski definition) is 5. The Labute approximate surface area is 149 Å². The molecule has 0 atom stereocenters. The van der Waals surface area contributed by atoms with Crippen LogP contribution in [0, 0.1) is 4.77 Å². The Morgan fingerprint density at radius 2 is 2.24 bits per heavy atom. The topological polar surface area (TPSA) is 93.4 Å². The van der Waals surface area contributed by atoms with Gasteiger partial charge in [-0.25, -0.2) is 9.67 Å². The monoisotopic (exact) mass is 357 g/mol. The first-order valence-corrected chi connectivity index (χ1v) is 8.39. The van der Waals surface area contributed by atoms with Crippen molar-refractivity contribution in [3.8, 4) is 5.82 Å². The standard InChI is InChI=1S/C16H19N7OS/c1-3-12-11(10-19-23(12)13-6-4-5-8-17-13)15(24)18-9-7-14-20-21-16(25)22(14)2/h4-6,8,10H,3,7,9H2,1-2H3,(H,18,24)(H,21,25). The quantitative estimate of drug-likeness (QED) is 0.654. The Morgan fingerprint density at radius 1 is 1.40 bits per heavy atom. The SMILES string of the molecule is CCc1c(C(=O)NCCc2n[nH]c(=S)n2C)cnn1-c1ccccn1. The summed E-state index contributed by atoms with van der Waals surface area (Å²) in [6.07, 6.45) is 4.55. The maximum Gasteiger partial charge on any atom is 0.254 e. The molecule has 0 aliphatic heterocycles. The summed E-state index contributed by atoms with van der Waals surface area (Å²) in [6.45, 7) is 2.45. The van der Waals surface area contributed by atoms with Gasteiger partial charge in [0.1, 0.15) is 5.82 Å². The molecule has 0 aromatic carbocycles. The van der Waals surface area contributed by atoms with Gasteiger partial charge in [-0.3, -0.25) is 9.89 Å². The van der Waals surface area contributed by atoms with Crippen LogP contribution >= 0.6 is 12.2 Å². The summed E-state index contributed by atoms with van der Waals surface area (Å²) in [5.74, 6) is 1.33. The highest BCUT2D eigenvalue weighted by atomic mass is 32.1. The van der Waals surface area contributed by atoms with Crippen LogP contribution in [-0.4, -0.2) is 42.0 Å². The molecule has 0 aliphatic rings. The number of hydrogen-bond donors (Lipinski definition) is 2. The molecule has 9 heteroatoms. The Kier molecular flexibility index (Phi) is 5.03. The molecule has 0 fully saturated rings. The van der Waals surface area contributed by atoms with E-state index in [0.29, 0.717) is 35.5 Å². The highest BCUT2D eigenvalue weighted by molar-refractivity contribution is 7.71. The lowest BCUT2D eigenvalue weighted by atomic mass is 10.2. The summed E-state index contributed by atoms with van der Waals surface area (Å²) in [5, 5.41) is 14.1. The molecule has 0 unspecified atom stereocenters. The molecule has 2 N–H and O–H groups in total. The molecular formula is C16H19N7OS. The van der Waals surface area contributed by atoms with Gasteiger partial charge in [0.05, 0.1) is 17.5 Å². The van der Waals surface area contributed by atoms with E-state index in [-0.39, 0.29) is 5.91 Å². The number of nitrogens with one attached hydrogen (secondary N) is 2. The minimum absolute atomic E-state index is 0.157. The second-order valence-electron chi connectivity index (χ2n) is 5.47. The fourth-order valence-corrected chi connectivity index (χ4v) is 2.72. The second kappa shape index (κ2) is 7.39. The molecule has 0 saturated carbocycles. The lowest BCUT2D eigenvalue weighted by Crippen LogP contribution is -2.27. The van der Waals surface area contributed by atoms with Crippen LogP contribution in [0.25, 0.3) is 5.82 Å². The molecule has 3 heterocycles. The van der Waals surface area contributed by atoms with Crippen molar-refractivity contribution in [3.63, 3.8) is 0 Å². The Bertz CT molecular complexity index is 926. The van der Waals surface area contributed by atoms with Crippen LogP contribution in [0.4, 0.5) is 0 Å². The largest absolute Gasteiger partial charge is 0.351 e. The van der Waals surface area contributed by atoms with Gasteiger partial charge in [-0.2, -0.15) is 10.2 Å². The third-order valence-electron chi connectivity index (χ3n) is 3.92. The average molecular weight is 357 g/mol. The van der Waals surface area contributed by atoms with E-state index in [2.05, 4.69) is 25.6 Å². The molecule has 0 aliphatic carbocycles. The zero-order valence-electron chi connectivity index (χ0n) is 14.1. The molecule has 1 amide bonds. The molecule has 0 spiro atoms. The van der Waals surface area contributed by atoms with Crippen molar-refractivity contribution >= 4 is 18.1 Å². The zero-order valence-corrected chi connectivity index (χ0v) is 14.9. The number of carbonyl (C=O) groups is 1. The van der Waals surface area contributed by atoms with Gasteiger partial charge >= 0.3 is 0 Å². The van der Waals surface area contributed by atoms with Crippen molar-refractivity contribution in [1.82, 2.24) is 34.8 Å². The van der Waals surface area contributed by atoms with Crippen LogP contribution in [0.1, 0.15) is 28.8 Å². The average Bonchev–Trinajstić information content (AvgIpc) is 3.20.